The topological polar surface area (TPSA) is 51.7 Å². The molecule has 5 nitrogen and oxygen atoms in total. The summed E-state index contributed by atoms with van der Waals surface area (Å²) >= 11 is 0. The summed E-state index contributed by atoms with van der Waals surface area (Å²) in [5.41, 5.74) is 0. The molecule has 0 fully saturated rings. The number of hydrogen-bond acceptors (Lipinski definition) is 3. The lowest BCUT2D eigenvalue weighted by Gasteiger charge is -2.26. The lowest BCUT2D eigenvalue weighted by Crippen LogP contribution is -2.57. The Kier molecular flexibility index (Phi) is 6.23. The van der Waals surface area contributed by atoms with Crippen LogP contribution >= 0.6 is 0 Å². The molecular weight excluding hydrogens is 178 g/mol. The van der Waals surface area contributed by atoms with Gasteiger partial charge in [-0.1, -0.05) is 0 Å². The molecule has 1 unspecified atom stereocenters. The molecule has 0 radical (unpaired) electrons. The minimum absolute atomic E-state index is 0.0381. The van der Waals surface area contributed by atoms with Gasteiger partial charge < -0.3 is 10.2 Å². The van der Waals surface area contributed by atoms with Gasteiger partial charge in [0.1, 0.15) is 6.29 Å². The van der Waals surface area contributed by atoms with E-state index in [-0.39, 0.29) is 6.29 Å². The Morgan fingerprint density at radius 3 is 2.14 bits per heavy atom. The van der Waals surface area contributed by atoms with E-state index in [9.17, 15) is 0 Å². The van der Waals surface area contributed by atoms with Gasteiger partial charge in [-0.3, -0.25) is 15.6 Å². The van der Waals surface area contributed by atoms with E-state index >= 15 is 0 Å². The molecule has 0 rings (SSSR count). The maximum absolute atomic E-state index is 4.13. The fourth-order valence-corrected chi connectivity index (χ4v) is 1.05. The number of hydrogen-bond donors (Lipinski definition) is 3. The first-order chi connectivity index (χ1) is 6.51. The van der Waals surface area contributed by atoms with Crippen molar-refractivity contribution in [3.8, 4) is 0 Å². The molecule has 1 atom stereocenters. The predicted molar refractivity (Wildman–Crippen MR) is 61.3 cm³/mol. The van der Waals surface area contributed by atoms with Gasteiger partial charge in [-0.15, -0.1) is 0 Å². The van der Waals surface area contributed by atoms with Crippen molar-refractivity contribution in [2.24, 2.45) is 4.99 Å². The third-order valence-corrected chi connectivity index (χ3v) is 1.70. The van der Waals surface area contributed by atoms with E-state index in [1.165, 1.54) is 0 Å². The second kappa shape index (κ2) is 6.62. The third-order valence-electron chi connectivity index (χ3n) is 1.70. The summed E-state index contributed by atoms with van der Waals surface area (Å²) in [6.07, 6.45) is 0.0381. The van der Waals surface area contributed by atoms with Crippen LogP contribution in [0.2, 0.25) is 0 Å². The van der Waals surface area contributed by atoms with E-state index < -0.39 is 0 Å². The second-order valence-corrected chi connectivity index (χ2v) is 3.63. The molecule has 0 saturated heterocycles. The van der Waals surface area contributed by atoms with Crippen LogP contribution in [0.25, 0.3) is 0 Å². The van der Waals surface area contributed by atoms with Crippen LogP contribution < -0.4 is 16.0 Å². The lowest BCUT2D eigenvalue weighted by atomic mass is 10.4. The van der Waals surface area contributed by atoms with Crippen LogP contribution in [0.1, 0.15) is 13.8 Å². The summed E-state index contributed by atoms with van der Waals surface area (Å²) in [4.78, 5) is 6.07. The van der Waals surface area contributed by atoms with Crippen molar-refractivity contribution in [2.45, 2.75) is 26.2 Å². The summed E-state index contributed by atoms with van der Waals surface area (Å²) in [6, 6.07) is 0.417. The van der Waals surface area contributed by atoms with E-state index in [4.69, 9.17) is 0 Å². The average Bonchev–Trinajstić information content (AvgIpc) is 2.10. The summed E-state index contributed by atoms with van der Waals surface area (Å²) in [7, 11) is 7.58. The van der Waals surface area contributed by atoms with Crippen LogP contribution in [0, 0.1) is 0 Å². The fourth-order valence-electron chi connectivity index (χ4n) is 1.05. The van der Waals surface area contributed by atoms with Crippen molar-refractivity contribution in [3.63, 3.8) is 0 Å². The van der Waals surface area contributed by atoms with Crippen LogP contribution in [-0.2, 0) is 0 Å². The molecule has 0 aliphatic carbocycles. The number of guanidine groups is 1. The molecule has 0 saturated carbocycles. The molecule has 5 heteroatoms. The van der Waals surface area contributed by atoms with Gasteiger partial charge in [0.2, 0.25) is 0 Å². The molecular formula is C9H23N5. The van der Waals surface area contributed by atoms with E-state index in [0.29, 0.717) is 6.04 Å². The highest BCUT2D eigenvalue weighted by Gasteiger charge is 2.09. The predicted octanol–water partition coefficient (Wildman–Crippen LogP) is -0.376. The maximum Gasteiger partial charge on any atom is 0.195 e. The van der Waals surface area contributed by atoms with Gasteiger partial charge in [0.15, 0.2) is 5.96 Å². The largest absolute Gasteiger partial charge is 0.349 e. The summed E-state index contributed by atoms with van der Waals surface area (Å²) in [6.45, 7) is 4.20. The van der Waals surface area contributed by atoms with Crippen LogP contribution in [0.3, 0.4) is 0 Å². The normalized spacial score (nSPS) is 14.4. The Balaban J connectivity index is 4.15. The first kappa shape index (κ1) is 13.2. The van der Waals surface area contributed by atoms with Gasteiger partial charge in [-0.2, -0.15) is 0 Å². The zero-order chi connectivity index (χ0) is 11.1. The molecule has 14 heavy (non-hydrogen) atoms. The van der Waals surface area contributed by atoms with E-state index in [0.717, 1.165) is 5.96 Å². The van der Waals surface area contributed by atoms with Crippen molar-refractivity contribution in [1.29, 1.82) is 0 Å². The summed E-state index contributed by atoms with van der Waals surface area (Å²) in [5, 5.41) is 9.68. The summed E-state index contributed by atoms with van der Waals surface area (Å²) in [5.74, 6) is 0.845. The molecule has 0 aromatic heterocycles. The van der Waals surface area contributed by atoms with Crippen LogP contribution in [-0.4, -0.2) is 51.4 Å². The van der Waals surface area contributed by atoms with E-state index in [1.54, 1.807) is 7.05 Å². The van der Waals surface area contributed by atoms with Crippen molar-refractivity contribution in [3.05, 3.63) is 0 Å². The standard InChI is InChI=1S/C9H23N5/c1-7(2)12-8(10-3)13-9(11-4)14(5)6/h7-8,10,12H,1-6H3,(H,11,13). The molecule has 0 aromatic carbocycles. The zero-order valence-corrected chi connectivity index (χ0v) is 10.0. The molecule has 0 spiro atoms. The number of nitrogens with one attached hydrogen (secondary N) is 3. The Morgan fingerprint density at radius 2 is 1.86 bits per heavy atom. The smallest absolute Gasteiger partial charge is 0.195 e. The highest BCUT2D eigenvalue weighted by atomic mass is 15.4. The first-order valence-electron chi connectivity index (χ1n) is 4.85. The minimum Gasteiger partial charge on any atom is -0.349 e. The molecule has 84 valence electrons. The van der Waals surface area contributed by atoms with Gasteiger partial charge in [-0.25, -0.2) is 0 Å². The van der Waals surface area contributed by atoms with Crippen LogP contribution in [0.5, 0.6) is 0 Å². The van der Waals surface area contributed by atoms with E-state index in [1.807, 2.05) is 26.0 Å². The second-order valence-electron chi connectivity index (χ2n) is 3.63. The monoisotopic (exact) mass is 201 g/mol. The van der Waals surface area contributed by atoms with Crippen molar-refractivity contribution >= 4 is 5.96 Å². The molecule has 0 bridgehead atoms. The number of nitrogens with zero attached hydrogens (tertiary/aromatic N) is 2. The Bertz CT molecular complexity index is 176. The highest BCUT2D eigenvalue weighted by Crippen LogP contribution is 1.83. The maximum atomic E-state index is 4.13. The average molecular weight is 201 g/mol. The molecule has 0 amide bonds. The lowest BCUT2D eigenvalue weighted by molar-refractivity contribution is 0.380. The van der Waals surface area contributed by atoms with E-state index in [2.05, 4.69) is 34.8 Å². The van der Waals surface area contributed by atoms with Crippen molar-refractivity contribution in [2.75, 3.05) is 28.2 Å². The molecule has 0 aliphatic heterocycles. The third kappa shape index (κ3) is 5.04. The van der Waals surface area contributed by atoms with Gasteiger partial charge >= 0.3 is 0 Å². The van der Waals surface area contributed by atoms with Gasteiger partial charge in [0, 0.05) is 27.2 Å². The summed E-state index contributed by atoms with van der Waals surface area (Å²) < 4.78 is 0. The quantitative estimate of drug-likeness (QED) is 0.330. The van der Waals surface area contributed by atoms with Gasteiger partial charge in [-0.05, 0) is 20.9 Å². The number of rotatable bonds is 4. The SMILES string of the molecule is CN=C(NC(NC)NC(C)C)N(C)C. The highest BCUT2D eigenvalue weighted by molar-refractivity contribution is 5.79. The zero-order valence-electron chi connectivity index (χ0n) is 10.0. The Hall–Kier alpha value is -0.810. The fraction of sp³-hybridized carbons (Fsp3) is 0.889. The Labute approximate surface area is 87.0 Å². The van der Waals surface area contributed by atoms with Crippen LogP contribution in [0.15, 0.2) is 4.99 Å². The Morgan fingerprint density at radius 1 is 1.29 bits per heavy atom. The molecule has 0 aromatic rings. The molecule has 0 heterocycles. The minimum atomic E-state index is 0.0381. The van der Waals surface area contributed by atoms with Crippen LogP contribution in [0.4, 0.5) is 0 Å². The van der Waals surface area contributed by atoms with Crippen molar-refractivity contribution in [1.82, 2.24) is 20.9 Å². The molecule has 0 aliphatic rings. The first-order valence-corrected chi connectivity index (χ1v) is 4.85. The van der Waals surface area contributed by atoms with Gasteiger partial charge in [0.05, 0.1) is 0 Å². The van der Waals surface area contributed by atoms with Gasteiger partial charge in [0.25, 0.3) is 0 Å². The number of aliphatic imine (C=N–C) groups is 1. The van der Waals surface area contributed by atoms with Crippen molar-refractivity contribution < 1.29 is 0 Å². The molecule has 3 N–H and O–H groups in total.